The number of likely N-dealkylation sites (tertiary alicyclic amines) is 1. The maximum absolute atomic E-state index is 12.8. The van der Waals surface area contributed by atoms with Gasteiger partial charge >= 0.3 is 0 Å². The number of nitrogens with zero attached hydrogens (tertiary/aromatic N) is 4. The largest absolute Gasteiger partial charge is 0.368 e. The summed E-state index contributed by atoms with van der Waals surface area (Å²) in [5.74, 6) is 0.0629. The number of aromatic nitrogens is 3. The van der Waals surface area contributed by atoms with E-state index >= 15 is 0 Å². The van der Waals surface area contributed by atoms with Gasteiger partial charge in [0, 0.05) is 49.6 Å². The lowest BCUT2D eigenvalue weighted by Crippen LogP contribution is -2.50. The number of rotatable bonds is 10. The van der Waals surface area contributed by atoms with Gasteiger partial charge in [0.05, 0.1) is 28.0 Å². The van der Waals surface area contributed by atoms with Crippen LogP contribution in [0.1, 0.15) is 18.4 Å². The van der Waals surface area contributed by atoms with Gasteiger partial charge in [-0.05, 0) is 48.7 Å². The number of amides is 2. The van der Waals surface area contributed by atoms with Gasteiger partial charge in [-0.25, -0.2) is 4.68 Å². The molecule has 5 rings (SSSR count). The van der Waals surface area contributed by atoms with E-state index in [1.807, 2.05) is 59.3 Å². The average Bonchev–Trinajstić information content (AvgIpc) is 3.40. The Morgan fingerprint density at radius 1 is 1.00 bits per heavy atom. The highest BCUT2D eigenvalue weighted by Crippen LogP contribution is 2.29. The summed E-state index contributed by atoms with van der Waals surface area (Å²) < 4.78 is 1.82. The van der Waals surface area contributed by atoms with Crippen LogP contribution in [-0.2, 0) is 16.0 Å². The van der Waals surface area contributed by atoms with Crippen LogP contribution in [0.15, 0.2) is 79.1 Å². The minimum atomic E-state index is -0.750. The van der Waals surface area contributed by atoms with E-state index in [1.165, 1.54) is 0 Å². The molecule has 3 heterocycles. The van der Waals surface area contributed by atoms with Crippen molar-refractivity contribution in [1.82, 2.24) is 25.0 Å². The molecule has 1 aliphatic heterocycles. The fourth-order valence-electron chi connectivity index (χ4n) is 4.91. The molecule has 0 spiro atoms. The number of pyridine rings is 1. The van der Waals surface area contributed by atoms with Crippen LogP contribution in [0, 0.1) is 0 Å². The fraction of sp³-hybridized carbons (Fsp3) is 0.267. The number of hydrogen-bond acceptors (Lipinski definition) is 6. The minimum Gasteiger partial charge on any atom is -0.368 e. The highest BCUT2D eigenvalue weighted by Gasteiger charge is 2.25. The molecule has 0 aliphatic carbocycles. The first-order valence-corrected chi connectivity index (χ1v) is 14.2. The Balaban J connectivity index is 1.21. The van der Waals surface area contributed by atoms with E-state index in [4.69, 9.17) is 34.0 Å². The molecule has 0 radical (unpaired) electrons. The van der Waals surface area contributed by atoms with Gasteiger partial charge in [0.25, 0.3) is 0 Å². The molecule has 4 N–H and O–H groups in total. The van der Waals surface area contributed by atoms with Crippen LogP contribution in [0.4, 0.5) is 5.82 Å². The van der Waals surface area contributed by atoms with E-state index in [2.05, 4.69) is 20.5 Å². The number of halogens is 2. The Bertz CT molecular complexity index is 1490. The number of hydrogen-bond donors (Lipinski definition) is 3. The van der Waals surface area contributed by atoms with Gasteiger partial charge in [0.15, 0.2) is 0 Å². The van der Waals surface area contributed by atoms with Crippen molar-refractivity contribution in [3.8, 4) is 16.9 Å². The summed E-state index contributed by atoms with van der Waals surface area (Å²) in [5, 5.41) is 12.2. The predicted octanol–water partition coefficient (Wildman–Crippen LogP) is 4.33. The van der Waals surface area contributed by atoms with Crippen LogP contribution in [0.3, 0.4) is 0 Å². The number of carbonyl (C=O) groups excluding carboxylic acids is 2. The number of nitrogens with two attached hydrogens (primary N) is 1. The smallest absolute Gasteiger partial charge is 0.240 e. The second-order valence-corrected chi connectivity index (χ2v) is 10.9. The molecule has 0 bridgehead atoms. The van der Waals surface area contributed by atoms with Crippen LogP contribution in [-0.4, -0.2) is 63.2 Å². The van der Waals surface area contributed by atoms with Gasteiger partial charge in [-0.15, -0.1) is 0 Å². The minimum absolute atomic E-state index is 0.172. The van der Waals surface area contributed by atoms with Crippen LogP contribution in [0.2, 0.25) is 10.0 Å². The number of nitrogens with one attached hydrogen (secondary N) is 2. The van der Waals surface area contributed by atoms with E-state index in [0.29, 0.717) is 16.5 Å². The van der Waals surface area contributed by atoms with E-state index < -0.39 is 11.9 Å². The quantitative estimate of drug-likeness (QED) is 0.252. The van der Waals surface area contributed by atoms with Crippen LogP contribution >= 0.6 is 23.2 Å². The molecule has 41 heavy (non-hydrogen) atoms. The third kappa shape index (κ3) is 7.43. The molecular weight excluding hydrogens is 561 g/mol. The Morgan fingerprint density at radius 3 is 2.46 bits per heavy atom. The molecule has 2 aromatic carbocycles. The monoisotopic (exact) mass is 591 g/mol. The summed E-state index contributed by atoms with van der Waals surface area (Å²) >= 11 is 12.5. The normalized spacial score (nSPS) is 14.9. The molecule has 1 fully saturated rings. The molecule has 2 aromatic heterocycles. The van der Waals surface area contributed by atoms with Crippen LogP contribution < -0.4 is 16.4 Å². The average molecular weight is 593 g/mol. The van der Waals surface area contributed by atoms with E-state index in [1.54, 1.807) is 24.5 Å². The highest BCUT2D eigenvalue weighted by atomic mass is 35.5. The molecule has 9 nitrogen and oxygen atoms in total. The molecule has 1 saturated heterocycles. The van der Waals surface area contributed by atoms with Crippen molar-refractivity contribution in [1.29, 1.82) is 0 Å². The first-order chi connectivity index (χ1) is 19.9. The lowest BCUT2D eigenvalue weighted by Gasteiger charge is -2.32. The standard InChI is InChI=1S/C30H31Cl2N7O2/c31-24-9-8-23(16-25(24)32)39-28(17-26(37-39)21-7-4-12-34-18-21)35-22-10-13-38(14-11-22)19-29(40)36-27(30(33)41)15-20-5-2-1-3-6-20/h1-9,12,16-18,22,27,35H,10-11,13-15,19H2,(H2,33,41)(H,36,40)/t27-/m0/s1. The zero-order chi connectivity index (χ0) is 28.8. The maximum Gasteiger partial charge on any atom is 0.240 e. The molecule has 0 saturated carbocycles. The first kappa shape index (κ1) is 28.6. The predicted molar refractivity (Wildman–Crippen MR) is 161 cm³/mol. The van der Waals surface area contributed by atoms with Crippen molar-refractivity contribution in [3.05, 3.63) is 94.7 Å². The first-order valence-electron chi connectivity index (χ1n) is 13.4. The molecule has 11 heteroatoms. The molecule has 2 amide bonds. The van der Waals surface area contributed by atoms with E-state index in [0.717, 1.165) is 54.3 Å². The molecule has 1 atom stereocenters. The van der Waals surface area contributed by atoms with Crippen molar-refractivity contribution in [2.75, 3.05) is 25.0 Å². The third-order valence-corrected chi connectivity index (χ3v) is 7.82. The number of piperidine rings is 1. The summed E-state index contributed by atoms with van der Waals surface area (Å²) in [6.07, 6.45) is 5.51. The Kier molecular flexibility index (Phi) is 9.18. The zero-order valence-corrected chi connectivity index (χ0v) is 23.9. The Hall–Kier alpha value is -3.92. The van der Waals surface area contributed by atoms with Gasteiger partial charge in [-0.2, -0.15) is 5.10 Å². The van der Waals surface area contributed by atoms with Crippen LogP contribution in [0.25, 0.3) is 16.9 Å². The van der Waals surface area contributed by atoms with Gasteiger partial charge in [0.1, 0.15) is 11.9 Å². The second-order valence-electron chi connectivity index (χ2n) is 10.1. The van der Waals surface area contributed by atoms with Crippen molar-refractivity contribution in [2.24, 2.45) is 5.73 Å². The number of anilines is 1. The summed E-state index contributed by atoms with van der Waals surface area (Å²) in [6, 6.07) is 20.2. The SMILES string of the molecule is NC(=O)[C@H](Cc1ccccc1)NC(=O)CN1CCC(Nc2cc(-c3cccnc3)nn2-c2ccc(Cl)c(Cl)c2)CC1. The Morgan fingerprint density at radius 2 is 1.78 bits per heavy atom. The van der Waals surface area contributed by atoms with Gasteiger partial charge in [0.2, 0.25) is 11.8 Å². The van der Waals surface area contributed by atoms with Gasteiger partial charge in [-0.3, -0.25) is 19.5 Å². The Labute approximate surface area is 248 Å². The van der Waals surface area contributed by atoms with E-state index in [-0.39, 0.29) is 18.5 Å². The summed E-state index contributed by atoms with van der Waals surface area (Å²) in [7, 11) is 0. The summed E-state index contributed by atoms with van der Waals surface area (Å²) in [5.41, 5.74) is 8.97. The summed E-state index contributed by atoms with van der Waals surface area (Å²) in [4.78, 5) is 31.0. The zero-order valence-electron chi connectivity index (χ0n) is 22.3. The molecule has 4 aromatic rings. The second kappa shape index (κ2) is 13.2. The molecule has 212 valence electrons. The fourth-order valence-corrected chi connectivity index (χ4v) is 5.21. The lowest BCUT2D eigenvalue weighted by atomic mass is 10.0. The lowest BCUT2D eigenvalue weighted by molar-refractivity contribution is -0.128. The van der Waals surface area contributed by atoms with Gasteiger partial charge in [-0.1, -0.05) is 53.5 Å². The van der Waals surface area contributed by atoms with Crippen molar-refractivity contribution in [3.63, 3.8) is 0 Å². The van der Waals surface area contributed by atoms with Crippen molar-refractivity contribution >= 4 is 40.8 Å². The number of carbonyl (C=O) groups is 2. The number of primary amides is 1. The molecule has 0 unspecified atom stereocenters. The van der Waals surface area contributed by atoms with E-state index in [9.17, 15) is 9.59 Å². The topological polar surface area (TPSA) is 118 Å². The van der Waals surface area contributed by atoms with Gasteiger partial charge < -0.3 is 16.4 Å². The van der Waals surface area contributed by atoms with Crippen LogP contribution in [0.5, 0.6) is 0 Å². The molecular formula is C30H31Cl2N7O2. The highest BCUT2D eigenvalue weighted by molar-refractivity contribution is 6.42. The maximum atomic E-state index is 12.8. The van der Waals surface area contributed by atoms with Crippen molar-refractivity contribution < 1.29 is 9.59 Å². The number of benzene rings is 2. The summed E-state index contributed by atoms with van der Waals surface area (Å²) in [6.45, 7) is 1.65. The van der Waals surface area contributed by atoms with Crippen molar-refractivity contribution in [2.45, 2.75) is 31.3 Å². The third-order valence-electron chi connectivity index (χ3n) is 7.08. The molecule has 1 aliphatic rings.